The molecule has 1 heterocycles. The second kappa shape index (κ2) is 8.19. The standard InChI is InChI=1S/C19H19N3O5S2/c1-28(23,24)18-11-16(29(20,25)26)8-9-17(18)21-12-14-7-10-19(22-13-14)27-15-5-3-2-4-6-15/h2-11,13,21H,12H2,1H3,(H2,20,25,26). The molecule has 10 heteroatoms. The summed E-state index contributed by atoms with van der Waals surface area (Å²) < 4.78 is 52.8. The third-order valence-electron chi connectivity index (χ3n) is 3.93. The number of benzene rings is 2. The zero-order valence-corrected chi connectivity index (χ0v) is 17.1. The Balaban J connectivity index is 1.75. The number of pyridine rings is 1. The maximum Gasteiger partial charge on any atom is 0.238 e. The van der Waals surface area contributed by atoms with Crippen LogP contribution in [0.1, 0.15) is 5.56 Å². The number of ether oxygens (including phenoxy) is 1. The summed E-state index contributed by atoms with van der Waals surface area (Å²) in [6, 6.07) is 16.4. The minimum Gasteiger partial charge on any atom is -0.439 e. The third-order valence-corrected chi connectivity index (χ3v) is 5.97. The van der Waals surface area contributed by atoms with E-state index in [2.05, 4.69) is 10.3 Å². The predicted molar refractivity (Wildman–Crippen MR) is 109 cm³/mol. The van der Waals surface area contributed by atoms with Gasteiger partial charge in [0, 0.05) is 25.1 Å². The molecule has 8 nitrogen and oxygen atoms in total. The first-order chi connectivity index (χ1) is 13.6. The van der Waals surface area contributed by atoms with Crippen molar-refractivity contribution < 1.29 is 21.6 Å². The van der Waals surface area contributed by atoms with Crippen LogP contribution >= 0.6 is 0 Å². The van der Waals surface area contributed by atoms with E-state index in [1.54, 1.807) is 18.3 Å². The fourth-order valence-electron chi connectivity index (χ4n) is 2.51. The van der Waals surface area contributed by atoms with Gasteiger partial charge in [-0.2, -0.15) is 0 Å². The van der Waals surface area contributed by atoms with Crippen molar-refractivity contribution in [1.82, 2.24) is 4.98 Å². The summed E-state index contributed by atoms with van der Waals surface area (Å²) in [4.78, 5) is 3.80. The summed E-state index contributed by atoms with van der Waals surface area (Å²) in [6.45, 7) is 0.274. The highest BCUT2D eigenvalue weighted by Gasteiger charge is 2.18. The van der Waals surface area contributed by atoms with Crippen LogP contribution < -0.4 is 15.2 Å². The van der Waals surface area contributed by atoms with Gasteiger partial charge in [0.2, 0.25) is 15.9 Å². The summed E-state index contributed by atoms with van der Waals surface area (Å²) in [5, 5.41) is 8.08. The molecular weight excluding hydrogens is 414 g/mol. The number of nitrogens with two attached hydrogens (primary N) is 1. The number of primary sulfonamides is 1. The Morgan fingerprint density at radius 1 is 1.00 bits per heavy atom. The van der Waals surface area contributed by atoms with Crippen LogP contribution in [0.25, 0.3) is 0 Å². The van der Waals surface area contributed by atoms with Gasteiger partial charge in [-0.15, -0.1) is 0 Å². The van der Waals surface area contributed by atoms with Crippen molar-refractivity contribution >= 4 is 25.5 Å². The fraction of sp³-hybridized carbons (Fsp3) is 0.105. The lowest BCUT2D eigenvalue weighted by molar-refractivity contribution is 0.462. The van der Waals surface area contributed by atoms with Crippen LogP contribution in [0.15, 0.2) is 76.7 Å². The van der Waals surface area contributed by atoms with Gasteiger partial charge in [0.1, 0.15) is 5.75 Å². The largest absolute Gasteiger partial charge is 0.439 e. The molecule has 0 fully saturated rings. The van der Waals surface area contributed by atoms with Crippen LogP contribution in [0, 0.1) is 0 Å². The van der Waals surface area contributed by atoms with Gasteiger partial charge >= 0.3 is 0 Å². The molecule has 3 N–H and O–H groups in total. The number of nitrogens with one attached hydrogen (secondary N) is 1. The minimum absolute atomic E-state index is 0.152. The summed E-state index contributed by atoms with van der Waals surface area (Å²) in [5.41, 5.74) is 1.05. The monoisotopic (exact) mass is 433 g/mol. The third kappa shape index (κ3) is 5.53. The molecule has 2 aromatic carbocycles. The van der Waals surface area contributed by atoms with E-state index in [4.69, 9.17) is 9.88 Å². The smallest absolute Gasteiger partial charge is 0.238 e. The van der Waals surface area contributed by atoms with Crippen LogP contribution in [0.4, 0.5) is 5.69 Å². The Morgan fingerprint density at radius 2 is 1.72 bits per heavy atom. The molecule has 3 rings (SSSR count). The van der Waals surface area contributed by atoms with Gasteiger partial charge < -0.3 is 10.1 Å². The first kappa shape index (κ1) is 20.8. The minimum atomic E-state index is -4.02. The normalized spacial score (nSPS) is 11.8. The van der Waals surface area contributed by atoms with Crippen molar-refractivity contribution in [3.8, 4) is 11.6 Å². The van der Waals surface area contributed by atoms with E-state index in [0.29, 0.717) is 11.6 Å². The molecule has 0 aliphatic heterocycles. The van der Waals surface area contributed by atoms with E-state index < -0.39 is 19.9 Å². The highest BCUT2D eigenvalue weighted by Crippen LogP contribution is 2.25. The Labute approximate surface area is 169 Å². The van der Waals surface area contributed by atoms with Gasteiger partial charge in [0.15, 0.2) is 9.84 Å². The Bertz CT molecular complexity index is 1210. The predicted octanol–water partition coefficient (Wildman–Crippen LogP) is 2.54. The number of hydrogen-bond donors (Lipinski definition) is 2. The zero-order chi connectivity index (χ0) is 21.1. The summed E-state index contributed by atoms with van der Waals surface area (Å²) in [7, 11) is -7.70. The van der Waals surface area contributed by atoms with E-state index in [1.807, 2.05) is 30.3 Å². The average Bonchev–Trinajstić information content (AvgIpc) is 2.67. The molecule has 0 bridgehead atoms. The number of nitrogens with zero attached hydrogens (tertiary/aromatic N) is 1. The molecule has 152 valence electrons. The molecule has 0 aliphatic rings. The van der Waals surface area contributed by atoms with Gasteiger partial charge in [-0.3, -0.25) is 0 Å². The van der Waals surface area contributed by atoms with E-state index in [0.717, 1.165) is 17.9 Å². The highest BCUT2D eigenvalue weighted by molar-refractivity contribution is 7.91. The molecule has 0 saturated carbocycles. The molecule has 29 heavy (non-hydrogen) atoms. The van der Waals surface area contributed by atoms with Crippen LogP contribution in [0.5, 0.6) is 11.6 Å². The number of sulfonamides is 1. The first-order valence-corrected chi connectivity index (χ1v) is 11.9. The Morgan fingerprint density at radius 3 is 2.31 bits per heavy atom. The van der Waals surface area contributed by atoms with Crippen molar-refractivity contribution in [2.45, 2.75) is 16.3 Å². The quantitative estimate of drug-likeness (QED) is 0.586. The van der Waals surface area contributed by atoms with E-state index in [1.165, 1.54) is 12.1 Å². The molecular formula is C19H19N3O5S2. The molecule has 0 amide bonds. The molecule has 3 aromatic rings. The van der Waals surface area contributed by atoms with Gasteiger partial charge in [-0.25, -0.2) is 27.0 Å². The zero-order valence-electron chi connectivity index (χ0n) is 15.4. The molecule has 0 spiro atoms. The maximum absolute atomic E-state index is 12.1. The number of hydrogen-bond acceptors (Lipinski definition) is 7. The topological polar surface area (TPSA) is 128 Å². The lowest BCUT2D eigenvalue weighted by Crippen LogP contribution is -2.14. The van der Waals surface area contributed by atoms with Crippen molar-refractivity contribution in [3.05, 3.63) is 72.4 Å². The molecule has 0 radical (unpaired) electrons. The maximum atomic E-state index is 12.1. The fourth-order valence-corrected chi connectivity index (χ4v) is 4.01. The van der Waals surface area contributed by atoms with Gasteiger partial charge in [0.05, 0.1) is 15.5 Å². The molecule has 0 saturated heterocycles. The van der Waals surface area contributed by atoms with Gasteiger partial charge in [-0.1, -0.05) is 24.3 Å². The lowest BCUT2D eigenvalue weighted by Gasteiger charge is -2.12. The molecule has 1 aromatic heterocycles. The Hall–Kier alpha value is -2.95. The van der Waals surface area contributed by atoms with Gasteiger partial charge in [0.25, 0.3) is 0 Å². The van der Waals surface area contributed by atoms with E-state index >= 15 is 0 Å². The Kier molecular flexibility index (Phi) is 5.87. The SMILES string of the molecule is CS(=O)(=O)c1cc(S(N)(=O)=O)ccc1NCc1ccc(Oc2ccccc2)nc1. The van der Waals surface area contributed by atoms with Crippen LogP contribution in [-0.2, 0) is 26.4 Å². The van der Waals surface area contributed by atoms with Crippen molar-refractivity contribution in [3.63, 3.8) is 0 Å². The van der Waals surface area contributed by atoms with Crippen LogP contribution in [0.2, 0.25) is 0 Å². The number of aromatic nitrogens is 1. The number of sulfone groups is 1. The van der Waals surface area contributed by atoms with E-state index in [-0.39, 0.29) is 22.0 Å². The summed E-state index contributed by atoms with van der Waals surface area (Å²) in [6.07, 6.45) is 2.60. The second-order valence-corrected chi connectivity index (χ2v) is 9.79. The molecule has 0 unspecified atom stereocenters. The van der Waals surface area contributed by atoms with Crippen LogP contribution in [-0.4, -0.2) is 28.1 Å². The number of anilines is 1. The second-order valence-electron chi connectivity index (χ2n) is 6.25. The first-order valence-electron chi connectivity index (χ1n) is 8.41. The molecule has 0 aliphatic carbocycles. The van der Waals surface area contributed by atoms with Crippen molar-refractivity contribution in [1.29, 1.82) is 0 Å². The number of para-hydroxylation sites is 1. The average molecular weight is 434 g/mol. The van der Waals surface area contributed by atoms with Crippen LogP contribution in [0.3, 0.4) is 0 Å². The van der Waals surface area contributed by atoms with Crippen molar-refractivity contribution in [2.24, 2.45) is 5.14 Å². The van der Waals surface area contributed by atoms with Gasteiger partial charge in [-0.05, 0) is 35.9 Å². The summed E-state index contributed by atoms with van der Waals surface area (Å²) >= 11 is 0. The summed E-state index contributed by atoms with van der Waals surface area (Å²) in [5.74, 6) is 1.09. The number of rotatable bonds is 7. The highest BCUT2D eigenvalue weighted by atomic mass is 32.2. The lowest BCUT2D eigenvalue weighted by atomic mass is 10.2. The van der Waals surface area contributed by atoms with E-state index in [9.17, 15) is 16.8 Å². The molecule has 0 atom stereocenters. The van der Waals surface area contributed by atoms with Crippen molar-refractivity contribution in [2.75, 3.05) is 11.6 Å².